The number of thioether (sulfide) groups is 1. The molecule has 0 aromatic heterocycles. The molecule has 110 valence electrons. The summed E-state index contributed by atoms with van der Waals surface area (Å²) >= 11 is 7.46. The molecule has 1 aromatic carbocycles. The molecular formula is C15H20ClNO2S. The third-order valence-electron chi connectivity index (χ3n) is 2.31. The molecule has 0 spiro atoms. The summed E-state index contributed by atoms with van der Waals surface area (Å²) in [6.45, 7) is 7.23. The Bertz CT molecular complexity index is 451. The first kappa shape index (κ1) is 17.1. The van der Waals surface area contributed by atoms with Crippen molar-refractivity contribution in [2.24, 2.45) is 0 Å². The highest BCUT2D eigenvalue weighted by Crippen LogP contribution is 2.16. The Morgan fingerprint density at radius 1 is 1.50 bits per heavy atom. The van der Waals surface area contributed by atoms with Crippen molar-refractivity contribution >= 4 is 29.3 Å². The van der Waals surface area contributed by atoms with Crippen molar-refractivity contribution in [1.29, 1.82) is 0 Å². The van der Waals surface area contributed by atoms with E-state index in [2.05, 4.69) is 11.9 Å². The Hall–Kier alpha value is -0.970. The van der Waals surface area contributed by atoms with Gasteiger partial charge in [0.25, 0.3) is 0 Å². The van der Waals surface area contributed by atoms with Crippen molar-refractivity contribution in [3.63, 3.8) is 0 Å². The molecule has 20 heavy (non-hydrogen) atoms. The predicted octanol–water partition coefficient (Wildman–Crippen LogP) is 3.28. The van der Waals surface area contributed by atoms with Gasteiger partial charge in [0.15, 0.2) is 0 Å². The highest BCUT2D eigenvalue weighted by molar-refractivity contribution is 7.99. The lowest BCUT2D eigenvalue weighted by molar-refractivity contribution is -0.118. The smallest absolute Gasteiger partial charge is 0.230 e. The molecule has 0 aliphatic rings. The maximum Gasteiger partial charge on any atom is 0.230 e. The summed E-state index contributed by atoms with van der Waals surface area (Å²) in [5.41, 5.74) is 2.11. The summed E-state index contributed by atoms with van der Waals surface area (Å²) < 4.78 is 5.30. The summed E-state index contributed by atoms with van der Waals surface area (Å²) in [7, 11) is 0. The topological polar surface area (TPSA) is 38.3 Å². The molecule has 0 atom stereocenters. The van der Waals surface area contributed by atoms with Gasteiger partial charge in [-0.1, -0.05) is 35.9 Å². The molecule has 0 unspecified atom stereocenters. The second kappa shape index (κ2) is 9.86. The first-order chi connectivity index (χ1) is 9.58. The normalized spacial score (nSPS) is 10.3. The number of nitrogens with one attached hydrogen (secondary N) is 1. The van der Waals surface area contributed by atoms with Gasteiger partial charge in [0, 0.05) is 17.3 Å². The van der Waals surface area contributed by atoms with Gasteiger partial charge in [0.1, 0.15) is 0 Å². The van der Waals surface area contributed by atoms with E-state index in [1.54, 1.807) is 11.8 Å². The van der Waals surface area contributed by atoms with E-state index in [0.717, 1.165) is 21.9 Å². The van der Waals surface area contributed by atoms with Gasteiger partial charge in [-0.15, -0.1) is 11.8 Å². The molecule has 0 saturated carbocycles. The lowest BCUT2D eigenvalue weighted by atomic mass is 10.2. The van der Waals surface area contributed by atoms with Crippen LogP contribution in [0.1, 0.15) is 12.5 Å². The fraction of sp³-hybridized carbons (Fsp3) is 0.400. The number of halogens is 1. The van der Waals surface area contributed by atoms with Crippen LogP contribution in [0.5, 0.6) is 0 Å². The number of hydrogen-bond donors (Lipinski definition) is 1. The van der Waals surface area contributed by atoms with Gasteiger partial charge in [-0.25, -0.2) is 0 Å². The van der Waals surface area contributed by atoms with E-state index < -0.39 is 0 Å². The Balaban J connectivity index is 2.07. The van der Waals surface area contributed by atoms with Crippen LogP contribution in [0.3, 0.4) is 0 Å². The zero-order valence-corrected chi connectivity index (χ0v) is 13.2. The van der Waals surface area contributed by atoms with Gasteiger partial charge in [-0.3, -0.25) is 4.79 Å². The second-order valence-corrected chi connectivity index (χ2v) is 5.90. The Kier molecular flexibility index (Phi) is 8.42. The third kappa shape index (κ3) is 8.25. The van der Waals surface area contributed by atoms with Crippen LogP contribution in [-0.4, -0.2) is 31.4 Å². The quantitative estimate of drug-likeness (QED) is 0.561. The first-order valence-electron chi connectivity index (χ1n) is 6.39. The standard InChI is InChI=1S/C15H20ClNO2S/c1-12(2)9-19-7-6-17-15(18)11-20-10-13-4-3-5-14(16)8-13/h3-5,8H,1,6-7,9-11H2,2H3,(H,17,18). The monoisotopic (exact) mass is 313 g/mol. The van der Waals surface area contributed by atoms with Crippen LogP contribution >= 0.6 is 23.4 Å². The number of ether oxygens (including phenoxy) is 1. The zero-order valence-electron chi connectivity index (χ0n) is 11.7. The summed E-state index contributed by atoms with van der Waals surface area (Å²) in [6, 6.07) is 7.67. The first-order valence-corrected chi connectivity index (χ1v) is 7.92. The highest BCUT2D eigenvalue weighted by Gasteiger charge is 2.02. The molecule has 0 saturated heterocycles. The van der Waals surface area contributed by atoms with E-state index in [1.165, 1.54) is 0 Å². The number of rotatable bonds is 9. The predicted molar refractivity (Wildman–Crippen MR) is 86.3 cm³/mol. The Morgan fingerprint density at radius 3 is 3.00 bits per heavy atom. The number of hydrogen-bond acceptors (Lipinski definition) is 3. The van der Waals surface area contributed by atoms with Crippen molar-refractivity contribution in [3.05, 3.63) is 47.0 Å². The molecule has 0 radical (unpaired) electrons. The molecule has 3 nitrogen and oxygen atoms in total. The molecule has 5 heteroatoms. The van der Waals surface area contributed by atoms with E-state index >= 15 is 0 Å². The van der Waals surface area contributed by atoms with Crippen molar-refractivity contribution < 1.29 is 9.53 Å². The van der Waals surface area contributed by atoms with Crippen LogP contribution in [0.4, 0.5) is 0 Å². The molecular weight excluding hydrogens is 294 g/mol. The van der Waals surface area contributed by atoms with Gasteiger partial charge in [-0.05, 0) is 24.6 Å². The molecule has 1 aromatic rings. The van der Waals surface area contributed by atoms with Gasteiger partial charge in [-0.2, -0.15) is 0 Å². The van der Waals surface area contributed by atoms with Crippen molar-refractivity contribution in [2.45, 2.75) is 12.7 Å². The maximum atomic E-state index is 11.6. The average molecular weight is 314 g/mol. The van der Waals surface area contributed by atoms with E-state index in [4.69, 9.17) is 16.3 Å². The minimum Gasteiger partial charge on any atom is -0.375 e. The van der Waals surface area contributed by atoms with Crippen molar-refractivity contribution in [2.75, 3.05) is 25.5 Å². The lowest BCUT2D eigenvalue weighted by Gasteiger charge is -2.06. The van der Waals surface area contributed by atoms with E-state index in [1.807, 2.05) is 31.2 Å². The van der Waals surface area contributed by atoms with Crippen LogP contribution in [-0.2, 0) is 15.3 Å². The van der Waals surface area contributed by atoms with Crippen LogP contribution in [0, 0.1) is 0 Å². The molecule has 0 fully saturated rings. The summed E-state index contributed by atoms with van der Waals surface area (Å²) in [5.74, 6) is 1.24. The molecule has 0 aliphatic heterocycles. The minimum atomic E-state index is 0.0240. The largest absolute Gasteiger partial charge is 0.375 e. The molecule has 0 aliphatic carbocycles. The van der Waals surface area contributed by atoms with Crippen LogP contribution in [0.2, 0.25) is 5.02 Å². The fourth-order valence-electron chi connectivity index (χ4n) is 1.45. The number of amides is 1. The van der Waals surface area contributed by atoms with Crippen LogP contribution in [0.15, 0.2) is 36.4 Å². The molecule has 0 heterocycles. The molecule has 0 bridgehead atoms. The van der Waals surface area contributed by atoms with E-state index in [0.29, 0.717) is 25.5 Å². The molecule has 1 rings (SSSR count). The second-order valence-electron chi connectivity index (χ2n) is 4.48. The van der Waals surface area contributed by atoms with Gasteiger partial charge in [0.05, 0.1) is 19.0 Å². The van der Waals surface area contributed by atoms with Crippen molar-refractivity contribution in [3.8, 4) is 0 Å². The van der Waals surface area contributed by atoms with Crippen LogP contribution < -0.4 is 5.32 Å². The summed E-state index contributed by atoms with van der Waals surface area (Å²) in [5, 5.41) is 3.54. The lowest BCUT2D eigenvalue weighted by Crippen LogP contribution is -2.28. The number of benzene rings is 1. The highest BCUT2D eigenvalue weighted by atomic mass is 35.5. The number of carbonyl (C=O) groups is 1. The summed E-state index contributed by atoms with van der Waals surface area (Å²) in [6.07, 6.45) is 0. The van der Waals surface area contributed by atoms with Gasteiger partial charge < -0.3 is 10.1 Å². The van der Waals surface area contributed by atoms with Gasteiger partial charge >= 0.3 is 0 Å². The number of carbonyl (C=O) groups excluding carboxylic acids is 1. The van der Waals surface area contributed by atoms with Gasteiger partial charge in [0.2, 0.25) is 5.91 Å². The average Bonchev–Trinajstić information content (AvgIpc) is 2.38. The summed E-state index contributed by atoms with van der Waals surface area (Å²) in [4.78, 5) is 11.6. The Morgan fingerprint density at radius 2 is 2.30 bits per heavy atom. The third-order valence-corrected chi connectivity index (χ3v) is 3.55. The molecule has 1 N–H and O–H groups in total. The maximum absolute atomic E-state index is 11.6. The minimum absolute atomic E-state index is 0.0240. The SMILES string of the molecule is C=C(C)COCCNC(=O)CSCc1cccc(Cl)c1. The molecule has 1 amide bonds. The van der Waals surface area contributed by atoms with E-state index in [9.17, 15) is 4.79 Å². The zero-order chi connectivity index (χ0) is 14.8. The Labute approximate surface area is 129 Å². The van der Waals surface area contributed by atoms with E-state index in [-0.39, 0.29) is 5.91 Å². The van der Waals surface area contributed by atoms with Crippen LogP contribution in [0.25, 0.3) is 0 Å². The fourth-order valence-corrected chi connectivity index (χ4v) is 2.47. The van der Waals surface area contributed by atoms with Crippen molar-refractivity contribution in [1.82, 2.24) is 5.32 Å².